The van der Waals surface area contributed by atoms with Gasteiger partial charge in [0.05, 0.1) is 12.6 Å². The van der Waals surface area contributed by atoms with Crippen LogP contribution in [0.5, 0.6) is 0 Å². The highest BCUT2D eigenvalue weighted by Gasteiger charge is 2.42. The number of anilines is 2. The van der Waals surface area contributed by atoms with Crippen molar-refractivity contribution in [1.82, 2.24) is 5.32 Å². The maximum Gasteiger partial charge on any atom is 0.262 e. The van der Waals surface area contributed by atoms with Gasteiger partial charge < -0.3 is 10.6 Å². The zero-order valence-corrected chi connectivity index (χ0v) is 14.0. The summed E-state index contributed by atoms with van der Waals surface area (Å²) in [5.41, 5.74) is 1.07. The van der Waals surface area contributed by atoms with E-state index in [1.54, 1.807) is 24.3 Å². The summed E-state index contributed by atoms with van der Waals surface area (Å²) in [5, 5.41) is 8.04. The van der Waals surface area contributed by atoms with Gasteiger partial charge in [-0.25, -0.2) is 8.78 Å². The minimum atomic E-state index is -2.85. The predicted molar refractivity (Wildman–Crippen MR) is 91.6 cm³/mol. The number of halogens is 2. The first-order chi connectivity index (χ1) is 11.9. The van der Waals surface area contributed by atoms with Gasteiger partial charge in [-0.2, -0.15) is 0 Å². The van der Waals surface area contributed by atoms with Crippen LogP contribution in [0.25, 0.3) is 0 Å². The third kappa shape index (κ3) is 4.75. The molecule has 1 unspecified atom stereocenters. The molecule has 5 nitrogen and oxygen atoms in total. The molecule has 1 saturated carbocycles. The van der Waals surface area contributed by atoms with Crippen LogP contribution in [0.15, 0.2) is 24.3 Å². The number of carbonyl (C=O) groups excluding carboxylic acids is 2. The van der Waals surface area contributed by atoms with Gasteiger partial charge in [-0.1, -0.05) is 25.3 Å². The smallest absolute Gasteiger partial charge is 0.262 e. The Balaban J connectivity index is 1.57. The molecule has 1 aromatic carbocycles. The van der Waals surface area contributed by atoms with Crippen molar-refractivity contribution in [3.63, 3.8) is 0 Å². The fourth-order valence-electron chi connectivity index (χ4n) is 3.41. The summed E-state index contributed by atoms with van der Waals surface area (Å²) in [5.74, 6) is -3.30. The van der Waals surface area contributed by atoms with E-state index in [-0.39, 0.29) is 11.8 Å². The van der Waals surface area contributed by atoms with Gasteiger partial charge >= 0.3 is 0 Å². The van der Waals surface area contributed by atoms with E-state index in [9.17, 15) is 18.4 Å². The van der Waals surface area contributed by atoms with Crippen molar-refractivity contribution in [2.45, 2.75) is 50.5 Å². The average molecular weight is 351 g/mol. The molecular formula is C18H23F2N3O2. The van der Waals surface area contributed by atoms with E-state index in [0.717, 1.165) is 25.7 Å². The summed E-state index contributed by atoms with van der Waals surface area (Å²) in [6.07, 6.45) is 4.64. The fraction of sp³-hybridized carbons (Fsp3) is 0.556. The first-order valence-corrected chi connectivity index (χ1v) is 8.76. The molecule has 7 heteroatoms. The van der Waals surface area contributed by atoms with E-state index >= 15 is 0 Å². The maximum atomic E-state index is 13.2. The summed E-state index contributed by atoms with van der Waals surface area (Å²) in [4.78, 5) is 24.4. The highest BCUT2D eigenvalue weighted by Crippen LogP contribution is 2.27. The molecule has 2 aliphatic rings. The Morgan fingerprint density at radius 2 is 1.68 bits per heavy atom. The topological polar surface area (TPSA) is 70.2 Å². The van der Waals surface area contributed by atoms with Crippen LogP contribution in [0, 0.1) is 5.92 Å². The highest BCUT2D eigenvalue weighted by molar-refractivity contribution is 5.97. The van der Waals surface area contributed by atoms with Crippen LogP contribution >= 0.6 is 0 Å². The number of carbonyl (C=O) groups is 2. The summed E-state index contributed by atoms with van der Waals surface area (Å²) in [6, 6.07) is 5.86. The summed E-state index contributed by atoms with van der Waals surface area (Å²) in [7, 11) is 0. The lowest BCUT2D eigenvalue weighted by Crippen LogP contribution is -2.35. The Morgan fingerprint density at radius 3 is 2.28 bits per heavy atom. The van der Waals surface area contributed by atoms with Crippen molar-refractivity contribution < 1.29 is 18.4 Å². The molecule has 2 fully saturated rings. The lowest BCUT2D eigenvalue weighted by Gasteiger charge is -2.21. The molecule has 1 aliphatic carbocycles. The third-order valence-electron chi connectivity index (χ3n) is 4.80. The van der Waals surface area contributed by atoms with Gasteiger partial charge in [-0.15, -0.1) is 0 Å². The average Bonchev–Trinajstić information content (AvgIpc) is 2.96. The van der Waals surface area contributed by atoms with Crippen molar-refractivity contribution in [1.29, 1.82) is 0 Å². The van der Waals surface area contributed by atoms with E-state index in [1.807, 2.05) is 0 Å². The van der Waals surface area contributed by atoms with Crippen LogP contribution < -0.4 is 16.0 Å². The quantitative estimate of drug-likeness (QED) is 0.780. The van der Waals surface area contributed by atoms with Gasteiger partial charge in [-0.3, -0.25) is 14.9 Å². The van der Waals surface area contributed by atoms with Crippen molar-refractivity contribution in [3.05, 3.63) is 24.3 Å². The lowest BCUT2D eigenvalue weighted by molar-refractivity contribution is -0.120. The van der Waals surface area contributed by atoms with E-state index in [4.69, 9.17) is 0 Å². The summed E-state index contributed by atoms with van der Waals surface area (Å²) < 4.78 is 26.4. The van der Waals surface area contributed by atoms with E-state index in [1.165, 1.54) is 6.42 Å². The van der Waals surface area contributed by atoms with Gasteiger partial charge in [0, 0.05) is 23.7 Å². The normalized spacial score (nSPS) is 23.2. The minimum absolute atomic E-state index is 0.000258. The highest BCUT2D eigenvalue weighted by atomic mass is 19.3. The Hall–Kier alpha value is -2.02. The van der Waals surface area contributed by atoms with E-state index < -0.39 is 30.8 Å². The van der Waals surface area contributed by atoms with Crippen molar-refractivity contribution in [2.75, 3.05) is 17.2 Å². The summed E-state index contributed by atoms with van der Waals surface area (Å²) >= 11 is 0. The van der Waals surface area contributed by atoms with Gasteiger partial charge in [0.25, 0.3) is 5.92 Å². The molecule has 3 rings (SSSR count). The molecule has 0 aromatic heterocycles. The second-order valence-corrected chi connectivity index (χ2v) is 6.89. The van der Waals surface area contributed by atoms with Crippen molar-refractivity contribution in [2.24, 2.45) is 5.92 Å². The molecule has 1 atom stereocenters. The van der Waals surface area contributed by atoms with Gasteiger partial charge in [-0.05, 0) is 31.0 Å². The largest absolute Gasteiger partial charge is 0.326 e. The first kappa shape index (κ1) is 17.8. The van der Waals surface area contributed by atoms with Crippen LogP contribution in [-0.4, -0.2) is 30.3 Å². The Kier molecular flexibility index (Phi) is 5.32. The van der Waals surface area contributed by atoms with Crippen LogP contribution in [0.4, 0.5) is 20.2 Å². The van der Waals surface area contributed by atoms with Crippen LogP contribution in [0.3, 0.4) is 0 Å². The van der Waals surface area contributed by atoms with Crippen LogP contribution in [0.2, 0.25) is 0 Å². The Labute approximate surface area is 145 Å². The number of amides is 2. The number of hydrogen-bond acceptors (Lipinski definition) is 3. The van der Waals surface area contributed by atoms with E-state index in [2.05, 4.69) is 16.0 Å². The maximum absolute atomic E-state index is 13.2. The molecule has 1 aromatic rings. The molecule has 0 bridgehead atoms. The molecule has 25 heavy (non-hydrogen) atoms. The molecule has 136 valence electrons. The number of alkyl halides is 2. The monoisotopic (exact) mass is 351 g/mol. The zero-order chi connectivity index (χ0) is 17.9. The molecule has 1 heterocycles. The van der Waals surface area contributed by atoms with Gasteiger partial charge in [0.1, 0.15) is 0 Å². The SMILES string of the molecule is O=C(Nc1cccc(NC(=O)C2CC(F)(F)CN2)c1)C1CCCCC1. The minimum Gasteiger partial charge on any atom is -0.326 e. The molecule has 1 saturated heterocycles. The number of hydrogen-bond donors (Lipinski definition) is 3. The van der Waals surface area contributed by atoms with E-state index in [0.29, 0.717) is 11.4 Å². The lowest BCUT2D eigenvalue weighted by atomic mass is 9.88. The van der Waals surface area contributed by atoms with Crippen LogP contribution in [0.1, 0.15) is 38.5 Å². The molecule has 0 spiro atoms. The molecule has 0 radical (unpaired) electrons. The second-order valence-electron chi connectivity index (χ2n) is 6.89. The van der Waals surface area contributed by atoms with Gasteiger partial charge in [0.2, 0.25) is 11.8 Å². The first-order valence-electron chi connectivity index (χ1n) is 8.76. The molecule has 3 N–H and O–H groups in total. The predicted octanol–water partition coefficient (Wildman–Crippen LogP) is 3.14. The number of benzene rings is 1. The fourth-order valence-corrected chi connectivity index (χ4v) is 3.41. The Bertz CT molecular complexity index is 645. The molecular weight excluding hydrogens is 328 g/mol. The van der Waals surface area contributed by atoms with Crippen molar-refractivity contribution >= 4 is 23.2 Å². The standard InChI is InChI=1S/C18H23F2N3O2/c19-18(20)10-15(21-11-18)17(25)23-14-8-4-7-13(9-14)22-16(24)12-5-2-1-3-6-12/h4,7-9,12,15,21H,1-3,5-6,10-11H2,(H,22,24)(H,23,25). The number of rotatable bonds is 4. The second kappa shape index (κ2) is 7.47. The van der Waals surface area contributed by atoms with Crippen LogP contribution in [-0.2, 0) is 9.59 Å². The molecule has 2 amide bonds. The van der Waals surface area contributed by atoms with Crippen molar-refractivity contribution in [3.8, 4) is 0 Å². The number of nitrogens with one attached hydrogen (secondary N) is 3. The third-order valence-corrected chi connectivity index (χ3v) is 4.80. The summed E-state index contributed by atoms with van der Waals surface area (Å²) in [6.45, 7) is -0.484. The van der Waals surface area contributed by atoms with Gasteiger partial charge in [0.15, 0.2) is 0 Å². The zero-order valence-electron chi connectivity index (χ0n) is 14.0. The molecule has 1 aliphatic heterocycles. The Morgan fingerprint density at radius 1 is 1.04 bits per heavy atom.